The summed E-state index contributed by atoms with van der Waals surface area (Å²) in [5.41, 5.74) is 0. The van der Waals surface area contributed by atoms with Crippen molar-refractivity contribution in [3.8, 4) is 0 Å². The van der Waals surface area contributed by atoms with Gasteiger partial charge in [0.25, 0.3) is 0 Å². The van der Waals surface area contributed by atoms with Gasteiger partial charge in [-0.1, -0.05) is 11.6 Å². The van der Waals surface area contributed by atoms with E-state index in [1.807, 2.05) is 0 Å². The molecule has 0 radical (unpaired) electrons. The monoisotopic (exact) mass is 298 g/mol. The van der Waals surface area contributed by atoms with E-state index in [0.29, 0.717) is 0 Å². The summed E-state index contributed by atoms with van der Waals surface area (Å²) in [6, 6.07) is 0. The van der Waals surface area contributed by atoms with Crippen molar-refractivity contribution in [2.75, 3.05) is 0 Å². The fraction of sp³-hybridized carbons (Fsp3) is 0.667. The standard InChI is InChI=1S/C6HClF10/c7-2(4(10,11)12)1-3(8,9)5(13,14)6(15,16)17/h1H. The summed E-state index contributed by atoms with van der Waals surface area (Å²) in [7, 11) is 0. The molecule has 0 rings (SSSR count). The van der Waals surface area contributed by atoms with Crippen LogP contribution in [0.3, 0.4) is 0 Å². The molecule has 102 valence electrons. The van der Waals surface area contributed by atoms with Crippen LogP contribution in [-0.4, -0.2) is 24.2 Å². The van der Waals surface area contributed by atoms with Gasteiger partial charge in [-0.3, -0.25) is 0 Å². The normalized spacial score (nSPS) is 16.3. The molecule has 0 aromatic rings. The Bertz CT molecular complexity index is 308. The zero-order valence-electron chi connectivity index (χ0n) is 7.23. The molecule has 0 aliphatic carbocycles. The summed E-state index contributed by atoms with van der Waals surface area (Å²) in [5, 5.41) is -2.77. The number of rotatable bonds is 2. The highest BCUT2D eigenvalue weighted by atomic mass is 35.5. The molecule has 0 fully saturated rings. The number of hydrogen-bond donors (Lipinski definition) is 0. The summed E-state index contributed by atoms with van der Waals surface area (Å²) < 4.78 is 118. The smallest absolute Gasteiger partial charge is 0.195 e. The topological polar surface area (TPSA) is 0 Å². The van der Waals surface area contributed by atoms with Crippen molar-refractivity contribution in [2.24, 2.45) is 0 Å². The zero-order valence-corrected chi connectivity index (χ0v) is 7.99. The maximum absolute atomic E-state index is 12.3. The Morgan fingerprint density at radius 3 is 1.35 bits per heavy atom. The van der Waals surface area contributed by atoms with Gasteiger partial charge in [-0.25, -0.2) is 0 Å². The highest BCUT2D eigenvalue weighted by Crippen LogP contribution is 2.48. The Labute approximate surface area is 91.8 Å². The predicted molar refractivity (Wildman–Crippen MR) is 35.9 cm³/mol. The SMILES string of the molecule is FC(F)(F)C(Cl)=CC(F)(F)C(F)(F)C(F)(F)F. The molecule has 0 amide bonds. The molecular formula is C6HClF10. The van der Waals surface area contributed by atoms with Gasteiger partial charge in [-0.05, 0) is 0 Å². The van der Waals surface area contributed by atoms with Gasteiger partial charge in [0.1, 0.15) is 5.03 Å². The van der Waals surface area contributed by atoms with Crippen molar-refractivity contribution in [2.45, 2.75) is 24.2 Å². The van der Waals surface area contributed by atoms with Crippen LogP contribution in [0.5, 0.6) is 0 Å². The number of alkyl halides is 10. The van der Waals surface area contributed by atoms with Crippen LogP contribution in [-0.2, 0) is 0 Å². The van der Waals surface area contributed by atoms with E-state index < -0.39 is 35.3 Å². The van der Waals surface area contributed by atoms with Gasteiger partial charge in [0.2, 0.25) is 0 Å². The van der Waals surface area contributed by atoms with Crippen LogP contribution < -0.4 is 0 Å². The first kappa shape index (κ1) is 16.3. The third-order valence-electron chi connectivity index (χ3n) is 1.35. The quantitative estimate of drug-likeness (QED) is 0.658. The lowest BCUT2D eigenvalue weighted by Gasteiger charge is -2.26. The molecule has 0 nitrogen and oxygen atoms in total. The number of halogens is 11. The van der Waals surface area contributed by atoms with E-state index in [2.05, 4.69) is 11.6 Å². The maximum Gasteiger partial charge on any atom is 0.460 e. The zero-order chi connectivity index (χ0) is 14.3. The molecule has 0 N–H and O–H groups in total. The lowest BCUT2D eigenvalue weighted by atomic mass is 10.1. The second-order valence-corrected chi connectivity index (χ2v) is 3.09. The van der Waals surface area contributed by atoms with E-state index >= 15 is 0 Å². The molecule has 0 spiro atoms. The molecule has 11 heteroatoms. The Hall–Kier alpha value is -0.670. The fourth-order valence-electron chi connectivity index (χ4n) is 0.521. The molecule has 0 saturated carbocycles. The minimum atomic E-state index is -6.71. The fourth-order valence-corrected chi connectivity index (χ4v) is 0.658. The lowest BCUT2D eigenvalue weighted by molar-refractivity contribution is -0.342. The molecule has 0 saturated heterocycles. The first-order valence-corrected chi connectivity index (χ1v) is 3.78. The van der Waals surface area contributed by atoms with Gasteiger partial charge in [-0.2, -0.15) is 43.9 Å². The van der Waals surface area contributed by atoms with E-state index in [0.717, 1.165) is 0 Å². The molecule has 0 aromatic carbocycles. The van der Waals surface area contributed by atoms with Crippen LogP contribution >= 0.6 is 11.6 Å². The summed E-state index contributed by atoms with van der Waals surface area (Å²) >= 11 is 4.15. The van der Waals surface area contributed by atoms with Crippen LogP contribution in [0.2, 0.25) is 0 Å². The van der Waals surface area contributed by atoms with Crippen molar-refractivity contribution in [3.63, 3.8) is 0 Å². The third kappa shape index (κ3) is 3.39. The third-order valence-corrected chi connectivity index (χ3v) is 1.68. The maximum atomic E-state index is 12.3. The molecular weight excluding hydrogens is 297 g/mol. The molecule has 0 aliphatic heterocycles. The average Bonchev–Trinajstić information content (AvgIpc) is 1.98. The molecule has 0 atom stereocenters. The van der Waals surface area contributed by atoms with Gasteiger partial charge >= 0.3 is 24.2 Å². The molecule has 0 bridgehead atoms. The van der Waals surface area contributed by atoms with Crippen molar-refractivity contribution >= 4 is 11.6 Å². The van der Waals surface area contributed by atoms with E-state index in [1.165, 1.54) is 0 Å². The largest absolute Gasteiger partial charge is 0.460 e. The summed E-state index contributed by atoms with van der Waals surface area (Å²) in [6.07, 6.45) is -14.0. The van der Waals surface area contributed by atoms with Gasteiger partial charge in [0, 0.05) is 6.08 Å². The van der Waals surface area contributed by atoms with Crippen molar-refractivity contribution in [3.05, 3.63) is 11.1 Å². The highest BCUT2D eigenvalue weighted by molar-refractivity contribution is 6.30. The van der Waals surface area contributed by atoms with Gasteiger partial charge in [-0.15, -0.1) is 0 Å². The van der Waals surface area contributed by atoms with E-state index in [-0.39, 0.29) is 0 Å². The van der Waals surface area contributed by atoms with E-state index in [1.54, 1.807) is 0 Å². The second kappa shape index (κ2) is 4.21. The Kier molecular flexibility index (Phi) is 4.05. The van der Waals surface area contributed by atoms with E-state index in [4.69, 9.17) is 0 Å². The predicted octanol–water partition coefficient (Wildman–Crippen LogP) is 4.50. The Morgan fingerprint density at radius 1 is 0.765 bits per heavy atom. The van der Waals surface area contributed by atoms with Gasteiger partial charge < -0.3 is 0 Å². The number of hydrogen-bond acceptors (Lipinski definition) is 0. The van der Waals surface area contributed by atoms with Gasteiger partial charge in [0.15, 0.2) is 0 Å². The first-order chi connectivity index (χ1) is 7.13. The summed E-state index contributed by atoms with van der Waals surface area (Å²) in [6.45, 7) is 0. The first-order valence-electron chi connectivity index (χ1n) is 3.41. The Balaban J connectivity index is 5.45. The van der Waals surface area contributed by atoms with Crippen molar-refractivity contribution in [1.29, 1.82) is 0 Å². The van der Waals surface area contributed by atoms with E-state index in [9.17, 15) is 43.9 Å². The molecule has 0 heterocycles. The molecule has 0 unspecified atom stereocenters. The number of allylic oxidation sites excluding steroid dienone is 2. The lowest BCUT2D eigenvalue weighted by Crippen LogP contribution is -2.51. The van der Waals surface area contributed by atoms with Crippen LogP contribution in [0.4, 0.5) is 43.9 Å². The van der Waals surface area contributed by atoms with Crippen molar-refractivity contribution in [1.82, 2.24) is 0 Å². The van der Waals surface area contributed by atoms with Crippen molar-refractivity contribution < 1.29 is 43.9 Å². The van der Waals surface area contributed by atoms with Crippen LogP contribution in [0.15, 0.2) is 11.1 Å². The highest BCUT2D eigenvalue weighted by Gasteiger charge is 2.72. The molecule has 0 aromatic heterocycles. The summed E-state index contributed by atoms with van der Waals surface area (Å²) in [5.74, 6) is -12.8. The summed E-state index contributed by atoms with van der Waals surface area (Å²) in [4.78, 5) is 0. The molecule has 17 heavy (non-hydrogen) atoms. The minimum absolute atomic E-state index is 1.68. The van der Waals surface area contributed by atoms with Gasteiger partial charge in [0.05, 0.1) is 0 Å². The van der Waals surface area contributed by atoms with Crippen LogP contribution in [0, 0.1) is 0 Å². The Morgan fingerprint density at radius 2 is 1.12 bits per heavy atom. The van der Waals surface area contributed by atoms with Crippen LogP contribution in [0.1, 0.15) is 0 Å². The minimum Gasteiger partial charge on any atom is -0.195 e. The molecule has 0 aliphatic rings. The average molecular weight is 299 g/mol. The second-order valence-electron chi connectivity index (χ2n) is 2.69. The van der Waals surface area contributed by atoms with Crippen LogP contribution in [0.25, 0.3) is 0 Å².